The van der Waals surface area contributed by atoms with Gasteiger partial charge in [-0.05, 0) is 67.0 Å². The van der Waals surface area contributed by atoms with E-state index in [1.807, 2.05) is 30.3 Å². The molecule has 0 radical (unpaired) electrons. The summed E-state index contributed by atoms with van der Waals surface area (Å²) in [6.07, 6.45) is 2.98. The number of benzene rings is 2. The lowest BCUT2D eigenvalue weighted by Gasteiger charge is -2.35. The van der Waals surface area contributed by atoms with Gasteiger partial charge in [0.2, 0.25) is 11.8 Å². The van der Waals surface area contributed by atoms with Gasteiger partial charge in [-0.15, -0.1) is 0 Å². The van der Waals surface area contributed by atoms with Gasteiger partial charge < -0.3 is 14.4 Å². The Morgan fingerprint density at radius 1 is 1.09 bits per heavy atom. The van der Waals surface area contributed by atoms with Crippen LogP contribution in [0.15, 0.2) is 65.8 Å². The molecule has 4 aromatic rings. The number of carbonyl (C=O) groups excluding carboxylic acids is 2. The van der Waals surface area contributed by atoms with E-state index in [4.69, 9.17) is 9.72 Å². The highest BCUT2D eigenvalue weighted by molar-refractivity contribution is 8.00. The lowest BCUT2D eigenvalue weighted by Crippen LogP contribution is -2.45. The number of ether oxygens (including phenoxy) is 2. The molecule has 11 nitrogen and oxygen atoms in total. The predicted octanol–water partition coefficient (Wildman–Crippen LogP) is 6.69. The first-order valence-corrected chi connectivity index (χ1v) is 15.4. The summed E-state index contributed by atoms with van der Waals surface area (Å²) in [5.41, 5.74) is 4.72. The summed E-state index contributed by atoms with van der Waals surface area (Å²) < 4.78 is 14.3. The molecule has 0 saturated carbocycles. The Balaban J connectivity index is 1.56. The third kappa shape index (κ3) is 8.07. The Kier molecular flexibility index (Phi) is 9.52. The molecule has 12 heteroatoms. The van der Waals surface area contributed by atoms with E-state index in [1.54, 1.807) is 11.0 Å². The first kappa shape index (κ1) is 31.7. The molecule has 2 aromatic heterocycles. The standard InChI is InChI=1S/C33H37N7O4S/c1-20-9-7-10-21(2)29(20)26-14-28-38-31(37-26)39-45-25-12-8-11-22(13-25)30(41)40(24(19-44-28)15-33(3,4)5)18-27-34-16-23(17-35-27)36-32(42)43-6/h7-14,16-17,24H,15,18-19H2,1-6H3,(H,36,42)(H,37,38,39)/t24-/m1/s1. The summed E-state index contributed by atoms with van der Waals surface area (Å²) in [5.74, 6) is 1.04. The lowest BCUT2D eigenvalue weighted by molar-refractivity contribution is 0.0505. The minimum atomic E-state index is -0.622. The third-order valence-corrected chi connectivity index (χ3v) is 7.98. The monoisotopic (exact) mass is 627 g/mol. The number of hydrogen-bond acceptors (Lipinski definition) is 10. The van der Waals surface area contributed by atoms with Crippen LogP contribution in [0.2, 0.25) is 0 Å². The van der Waals surface area contributed by atoms with Crippen molar-refractivity contribution in [1.29, 1.82) is 0 Å². The number of amides is 2. The van der Waals surface area contributed by atoms with Gasteiger partial charge in [0, 0.05) is 22.1 Å². The van der Waals surface area contributed by atoms with Crippen molar-refractivity contribution in [2.24, 2.45) is 5.41 Å². The predicted molar refractivity (Wildman–Crippen MR) is 174 cm³/mol. The fraction of sp³-hybridized carbons (Fsp3) is 0.333. The second-order valence-electron chi connectivity index (χ2n) is 12.1. The average Bonchev–Trinajstić information content (AvgIpc) is 3.01. The molecule has 1 aliphatic rings. The maximum Gasteiger partial charge on any atom is 0.411 e. The van der Waals surface area contributed by atoms with Crippen molar-refractivity contribution in [3.63, 3.8) is 0 Å². The van der Waals surface area contributed by atoms with E-state index in [0.29, 0.717) is 35.3 Å². The molecule has 1 atom stereocenters. The molecule has 2 N–H and O–H groups in total. The van der Waals surface area contributed by atoms with Crippen LogP contribution < -0.4 is 14.8 Å². The molecule has 0 saturated heterocycles. The second-order valence-corrected chi connectivity index (χ2v) is 13.0. The minimum absolute atomic E-state index is 0.125. The molecule has 45 heavy (non-hydrogen) atoms. The summed E-state index contributed by atoms with van der Waals surface area (Å²) in [6, 6.07) is 15.1. The maximum absolute atomic E-state index is 14.2. The summed E-state index contributed by atoms with van der Waals surface area (Å²) in [5, 5.41) is 2.55. The van der Waals surface area contributed by atoms with Crippen molar-refractivity contribution in [2.75, 3.05) is 23.8 Å². The number of aromatic nitrogens is 4. The molecule has 4 bridgehead atoms. The van der Waals surface area contributed by atoms with E-state index in [-0.39, 0.29) is 30.5 Å². The summed E-state index contributed by atoms with van der Waals surface area (Å²) in [4.78, 5) is 46.8. The van der Waals surface area contributed by atoms with Crippen molar-refractivity contribution in [3.8, 4) is 17.1 Å². The van der Waals surface area contributed by atoms with Crippen LogP contribution in [0, 0.1) is 19.3 Å². The summed E-state index contributed by atoms with van der Waals surface area (Å²) in [7, 11) is 1.28. The van der Waals surface area contributed by atoms with Gasteiger partial charge in [-0.1, -0.05) is 45.0 Å². The Morgan fingerprint density at radius 3 is 2.49 bits per heavy atom. The number of nitrogens with zero attached hydrogens (tertiary/aromatic N) is 5. The second kappa shape index (κ2) is 13.5. The van der Waals surface area contributed by atoms with Crippen molar-refractivity contribution >= 4 is 35.6 Å². The first-order valence-electron chi connectivity index (χ1n) is 14.6. The van der Waals surface area contributed by atoms with Gasteiger partial charge in [0.05, 0.1) is 43.5 Å². The fourth-order valence-electron chi connectivity index (χ4n) is 5.19. The minimum Gasteiger partial charge on any atom is -0.475 e. The number of fused-ring (bicyclic) bond motifs is 4. The van der Waals surface area contributed by atoms with Crippen molar-refractivity contribution in [1.82, 2.24) is 24.8 Å². The largest absolute Gasteiger partial charge is 0.475 e. The van der Waals surface area contributed by atoms with Gasteiger partial charge in [0.1, 0.15) is 12.4 Å². The fourth-order valence-corrected chi connectivity index (χ4v) is 5.82. The number of nitrogens with one attached hydrogen (secondary N) is 2. The number of methoxy groups -OCH3 is 1. The van der Waals surface area contributed by atoms with Crippen LogP contribution in [0.4, 0.5) is 16.4 Å². The highest BCUT2D eigenvalue weighted by Gasteiger charge is 2.31. The highest BCUT2D eigenvalue weighted by Crippen LogP contribution is 2.32. The Morgan fingerprint density at radius 2 is 1.80 bits per heavy atom. The number of hydrogen-bond donors (Lipinski definition) is 2. The lowest BCUT2D eigenvalue weighted by atomic mass is 9.87. The van der Waals surface area contributed by atoms with Gasteiger partial charge in [0.25, 0.3) is 5.91 Å². The Bertz CT molecular complexity index is 1670. The van der Waals surface area contributed by atoms with Crippen LogP contribution in [0.25, 0.3) is 11.3 Å². The zero-order valence-corrected chi connectivity index (χ0v) is 27.1. The average molecular weight is 628 g/mol. The summed E-state index contributed by atoms with van der Waals surface area (Å²) in [6.45, 7) is 10.8. The number of anilines is 2. The smallest absolute Gasteiger partial charge is 0.411 e. The van der Waals surface area contributed by atoms with E-state index in [2.05, 4.69) is 76.5 Å². The molecule has 3 heterocycles. The van der Waals surface area contributed by atoms with Gasteiger partial charge in [-0.2, -0.15) is 4.98 Å². The van der Waals surface area contributed by atoms with E-state index < -0.39 is 6.09 Å². The van der Waals surface area contributed by atoms with Crippen molar-refractivity contribution in [3.05, 3.63) is 83.4 Å². The van der Waals surface area contributed by atoms with Gasteiger partial charge in [0.15, 0.2) is 0 Å². The molecular weight excluding hydrogens is 590 g/mol. The normalized spacial score (nSPS) is 15.1. The van der Waals surface area contributed by atoms with Crippen LogP contribution in [-0.4, -0.2) is 56.6 Å². The van der Waals surface area contributed by atoms with Crippen LogP contribution in [-0.2, 0) is 11.3 Å². The molecule has 1 aliphatic heterocycles. The molecule has 2 aromatic carbocycles. The number of aryl methyl sites for hydroxylation is 2. The van der Waals surface area contributed by atoms with Gasteiger partial charge >= 0.3 is 6.09 Å². The SMILES string of the molecule is COC(=O)Nc1cnc(CN2C(=O)c3cccc(c3)SNc3nc(cc(-c4c(C)cccc4C)n3)OC[C@H]2CC(C)(C)C)nc1. The molecule has 2 amide bonds. The highest BCUT2D eigenvalue weighted by atomic mass is 32.2. The van der Waals surface area contributed by atoms with Crippen LogP contribution in [0.1, 0.15) is 54.5 Å². The van der Waals surface area contributed by atoms with E-state index in [9.17, 15) is 9.59 Å². The molecule has 234 valence electrons. The topological polar surface area (TPSA) is 131 Å². The maximum atomic E-state index is 14.2. The molecule has 0 aliphatic carbocycles. The van der Waals surface area contributed by atoms with Crippen LogP contribution >= 0.6 is 11.9 Å². The van der Waals surface area contributed by atoms with E-state index >= 15 is 0 Å². The molecule has 0 fully saturated rings. The first-order chi connectivity index (χ1) is 21.5. The Hall–Kier alpha value is -4.71. The van der Waals surface area contributed by atoms with Gasteiger partial charge in [-0.25, -0.2) is 19.7 Å². The quantitative estimate of drug-likeness (QED) is 0.231. The Labute approximate surface area is 267 Å². The van der Waals surface area contributed by atoms with Crippen LogP contribution in [0.5, 0.6) is 5.88 Å². The van der Waals surface area contributed by atoms with E-state index in [1.165, 1.54) is 31.5 Å². The molecule has 5 rings (SSSR count). The van der Waals surface area contributed by atoms with Crippen molar-refractivity contribution < 1.29 is 19.1 Å². The molecule has 0 unspecified atom stereocenters. The van der Waals surface area contributed by atoms with Crippen molar-refractivity contribution in [2.45, 2.75) is 58.5 Å². The number of rotatable bonds is 5. The summed E-state index contributed by atoms with van der Waals surface area (Å²) >= 11 is 1.32. The van der Waals surface area contributed by atoms with E-state index in [0.717, 1.165) is 27.3 Å². The third-order valence-electron chi connectivity index (χ3n) is 7.20. The van der Waals surface area contributed by atoms with Gasteiger partial charge in [-0.3, -0.25) is 14.8 Å². The number of carbonyl (C=O) groups is 2. The zero-order valence-electron chi connectivity index (χ0n) is 26.2. The molecule has 0 spiro atoms. The molecular formula is C33H37N7O4S. The van der Waals surface area contributed by atoms with Crippen LogP contribution in [0.3, 0.4) is 0 Å². The zero-order chi connectivity index (χ0) is 32.1.